The second kappa shape index (κ2) is 3.87. The number of benzene rings is 1. The Morgan fingerprint density at radius 2 is 2.23 bits per heavy atom. The number of Topliss-reactive ketones (excluding diaryl/α,β-unsaturated/α-hetero) is 1. The monoisotopic (exact) mass is 246 g/mol. The summed E-state index contributed by atoms with van der Waals surface area (Å²) in [7, 11) is 0. The fraction of sp³-hybridized carbons (Fsp3) is 0.222. The molecule has 1 aromatic rings. The molecule has 0 amide bonds. The van der Waals surface area contributed by atoms with Gasteiger partial charge in [0, 0.05) is 12.0 Å². The SMILES string of the molecule is CCC(=O)c1ccc(O)c(F)c1Br. The highest BCUT2D eigenvalue weighted by Gasteiger charge is 2.14. The van der Waals surface area contributed by atoms with E-state index in [9.17, 15) is 9.18 Å². The van der Waals surface area contributed by atoms with Crippen molar-refractivity contribution in [3.63, 3.8) is 0 Å². The van der Waals surface area contributed by atoms with Crippen molar-refractivity contribution in [2.75, 3.05) is 0 Å². The van der Waals surface area contributed by atoms with E-state index in [0.29, 0.717) is 6.42 Å². The third-order valence-electron chi connectivity index (χ3n) is 1.68. The van der Waals surface area contributed by atoms with Crippen LogP contribution in [0.15, 0.2) is 16.6 Å². The van der Waals surface area contributed by atoms with Crippen molar-refractivity contribution in [2.24, 2.45) is 0 Å². The molecule has 0 heterocycles. The first-order valence-electron chi connectivity index (χ1n) is 3.78. The van der Waals surface area contributed by atoms with Gasteiger partial charge in [-0.25, -0.2) is 4.39 Å². The molecule has 13 heavy (non-hydrogen) atoms. The number of carbonyl (C=O) groups is 1. The number of hydrogen-bond donors (Lipinski definition) is 1. The van der Waals surface area contributed by atoms with Gasteiger partial charge in [-0.05, 0) is 28.1 Å². The lowest BCUT2D eigenvalue weighted by atomic mass is 10.1. The van der Waals surface area contributed by atoms with Gasteiger partial charge in [-0.1, -0.05) is 6.92 Å². The highest BCUT2D eigenvalue weighted by atomic mass is 79.9. The Hall–Kier alpha value is -0.900. The molecule has 0 aliphatic heterocycles. The van der Waals surface area contributed by atoms with Crippen molar-refractivity contribution >= 4 is 21.7 Å². The number of rotatable bonds is 2. The molecule has 0 fully saturated rings. The van der Waals surface area contributed by atoms with Crippen LogP contribution in [-0.4, -0.2) is 10.9 Å². The van der Waals surface area contributed by atoms with Crippen molar-refractivity contribution in [3.8, 4) is 5.75 Å². The number of ketones is 1. The van der Waals surface area contributed by atoms with Crippen LogP contribution in [0.4, 0.5) is 4.39 Å². The Morgan fingerprint density at radius 1 is 1.62 bits per heavy atom. The highest BCUT2D eigenvalue weighted by molar-refractivity contribution is 9.10. The molecule has 2 nitrogen and oxygen atoms in total. The first-order valence-corrected chi connectivity index (χ1v) is 4.57. The fourth-order valence-corrected chi connectivity index (χ4v) is 1.50. The molecule has 0 radical (unpaired) electrons. The van der Waals surface area contributed by atoms with Crippen LogP contribution in [0.25, 0.3) is 0 Å². The summed E-state index contributed by atoms with van der Waals surface area (Å²) in [5, 5.41) is 8.96. The van der Waals surface area contributed by atoms with Crippen molar-refractivity contribution in [1.29, 1.82) is 0 Å². The topological polar surface area (TPSA) is 37.3 Å². The van der Waals surface area contributed by atoms with Crippen LogP contribution in [0.2, 0.25) is 0 Å². The lowest BCUT2D eigenvalue weighted by molar-refractivity contribution is 0.0987. The summed E-state index contributed by atoms with van der Waals surface area (Å²) in [4.78, 5) is 11.2. The summed E-state index contributed by atoms with van der Waals surface area (Å²) < 4.78 is 13.1. The van der Waals surface area contributed by atoms with Crippen molar-refractivity contribution in [2.45, 2.75) is 13.3 Å². The molecular formula is C9H8BrFO2. The Bertz CT molecular complexity index is 350. The van der Waals surface area contributed by atoms with E-state index >= 15 is 0 Å². The van der Waals surface area contributed by atoms with Gasteiger partial charge in [-0.2, -0.15) is 0 Å². The van der Waals surface area contributed by atoms with E-state index < -0.39 is 11.6 Å². The normalized spacial score (nSPS) is 10.1. The van der Waals surface area contributed by atoms with Gasteiger partial charge >= 0.3 is 0 Å². The minimum atomic E-state index is -0.792. The van der Waals surface area contributed by atoms with Crippen molar-refractivity contribution < 1.29 is 14.3 Å². The van der Waals surface area contributed by atoms with E-state index in [1.807, 2.05) is 0 Å². The Morgan fingerprint density at radius 3 is 2.77 bits per heavy atom. The van der Waals surface area contributed by atoms with E-state index in [2.05, 4.69) is 15.9 Å². The zero-order valence-electron chi connectivity index (χ0n) is 6.97. The van der Waals surface area contributed by atoms with Crippen molar-refractivity contribution in [1.82, 2.24) is 0 Å². The predicted molar refractivity (Wildman–Crippen MR) is 50.4 cm³/mol. The van der Waals surface area contributed by atoms with E-state index in [0.717, 1.165) is 0 Å². The van der Waals surface area contributed by atoms with Gasteiger partial charge < -0.3 is 5.11 Å². The molecule has 0 aromatic heterocycles. The molecule has 0 aliphatic carbocycles. The number of carbonyl (C=O) groups excluding carboxylic acids is 1. The summed E-state index contributed by atoms with van der Waals surface area (Å²) >= 11 is 2.92. The Labute approximate surface area is 83.5 Å². The molecule has 0 atom stereocenters. The smallest absolute Gasteiger partial charge is 0.179 e. The second-order valence-corrected chi connectivity index (χ2v) is 3.33. The van der Waals surface area contributed by atoms with Crippen LogP contribution in [0.5, 0.6) is 5.75 Å². The molecule has 1 aromatic carbocycles. The predicted octanol–water partition coefficient (Wildman–Crippen LogP) is 2.89. The third-order valence-corrected chi connectivity index (χ3v) is 2.46. The molecule has 1 rings (SSSR count). The van der Waals surface area contributed by atoms with Crippen LogP contribution in [0, 0.1) is 5.82 Å². The largest absolute Gasteiger partial charge is 0.505 e. The number of hydrogen-bond acceptors (Lipinski definition) is 2. The minimum Gasteiger partial charge on any atom is -0.505 e. The van der Waals surface area contributed by atoms with E-state index in [1.54, 1.807) is 6.92 Å². The first kappa shape index (κ1) is 10.2. The molecular weight excluding hydrogens is 239 g/mol. The number of phenolic OH excluding ortho intramolecular Hbond substituents is 1. The van der Waals surface area contributed by atoms with Crippen LogP contribution in [-0.2, 0) is 0 Å². The van der Waals surface area contributed by atoms with Crippen LogP contribution >= 0.6 is 15.9 Å². The standard InChI is InChI=1S/C9H8BrFO2/c1-2-6(12)5-3-4-7(13)9(11)8(5)10/h3-4,13H,2H2,1H3. The average molecular weight is 247 g/mol. The lowest BCUT2D eigenvalue weighted by Crippen LogP contribution is -1.99. The van der Waals surface area contributed by atoms with Crippen molar-refractivity contribution in [3.05, 3.63) is 28.0 Å². The van der Waals surface area contributed by atoms with Gasteiger partial charge in [0.2, 0.25) is 0 Å². The van der Waals surface area contributed by atoms with Crippen LogP contribution in [0.3, 0.4) is 0 Å². The summed E-state index contributed by atoms with van der Waals surface area (Å²) in [5.74, 6) is -1.41. The maximum atomic E-state index is 13.0. The van der Waals surface area contributed by atoms with Crippen LogP contribution < -0.4 is 0 Å². The van der Waals surface area contributed by atoms with Crippen LogP contribution in [0.1, 0.15) is 23.7 Å². The highest BCUT2D eigenvalue weighted by Crippen LogP contribution is 2.28. The molecule has 4 heteroatoms. The summed E-state index contributed by atoms with van der Waals surface area (Å²) in [6.45, 7) is 1.69. The quantitative estimate of drug-likeness (QED) is 0.816. The maximum absolute atomic E-state index is 13.0. The molecule has 1 N–H and O–H groups in total. The zero-order valence-corrected chi connectivity index (χ0v) is 8.56. The fourth-order valence-electron chi connectivity index (χ4n) is 0.945. The van der Waals surface area contributed by atoms with Gasteiger partial charge in [-0.3, -0.25) is 4.79 Å². The average Bonchev–Trinajstić information content (AvgIpc) is 2.13. The third kappa shape index (κ3) is 1.88. The van der Waals surface area contributed by atoms with Gasteiger partial charge in [0.05, 0.1) is 4.47 Å². The molecule has 0 saturated heterocycles. The molecule has 0 bridgehead atoms. The van der Waals surface area contributed by atoms with Gasteiger partial charge in [-0.15, -0.1) is 0 Å². The number of aromatic hydroxyl groups is 1. The summed E-state index contributed by atoms with van der Waals surface area (Å²) in [6, 6.07) is 2.57. The number of phenols is 1. The maximum Gasteiger partial charge on any atom is 0.179 e. The number of halogens is 2. The van der Waals surface area contributed by atoms with E-state index in [4.69, 9.17) is 5.11 Å². The Kier molecular flexibility index (Phi) is 3.03. The van der Waals surface area contributed by atoms with Gasteiger partial charge in [0.15, 0.2) is 17.3 Å². The Balaban J connectivity index is 3.26. The minimum absolute atomic E-state index is 0.0272. The van der Waals surface area contributed by atoms with Gasteiger partial charge in [0.1, 0.15) is 0 Å². The molecule has 0 saturated carbocycles. The zero-order chi connectivity index (χ0) is 10.0. The van der Waals surface area contributed by atoms with E-state index in [1.165, 1.54) is 12.1 Å². The molecule has 70 valence electrons. The molecule has 0 unspecified atom stereocenters. The second-order valence-electron chi connectivity index (χ2n) is 2.54. The summed E-state index contributed by atoms with van der Waals surface area (Å²) in [6.07, 6.45) is 0.308. The van der Waals surface area contributed by atoms with E-state index in [-0.39, 0.29) is 15.8 Å². The molecule has 0 aliphatic rings. The first-order chi connectivity index (χ1) is 6.07. The summed E-state index contributed by atoms with van der Waals surface area (Å²) in [5.41, 5.74) is 0.262. The van der Waals surface area contributed by atoms with Gasteiger partial charge in [0.25, 0.3) is 0 Å². The lowest BCUT2D eigenvalue weighted by Gasteiger charge is -2.03. The molecule has 0 spiro atoms.